The first-order valence-electron chi connectivity index (χ1n) is 7.20. The minimum absolute atomic E-state index is 0.348. The maximum atomic E-state index is 9.99. The average Bonchev–Trinajstić information content (AvgIpc) is 2.43. The van der Waals surface area contributed by atoms with E-state index < -0.39 is 5.60 Å². The molecule has 0 atom stereocenters. The van der Waals surface area contributed by atoms with Gasteiger partial charge in [-0.3, -0.25) is 4.90 Å². The summed E-state index contributed by atoms with van der Waals surface area (Å²) in [6, 6.07) is 5.87. The number of likely N-dealkylation sites (N-methyl/N-ethyl adjacent to an activating group) is 1. The van der Waals surface area contributed by atoms with Crippen molar-refractivity contribution in [3.05, 3.63) is 29.3 Å². The maximum Gasteiger partial charge on any atom is 0.123 e. The highest BCUT2D eigenvalue weighted by atomic mass is 16.5. The lowest BCUT2D eigenvalue weighted by Gasteiger charge is -2.28. The molecule has 0 aliphatic rings. The summed E-state index contributed by atoms with van der Waals surface area (Å²) in [5, 5.41) is 9.99. The van der Waals surface area contributed by atoms with Crippen molar-refractivity contribution in [2.24, 2.45) is 5.73 Å². The molecule has 21 heavy (non-hydrogen) atoms. The summed E-state index contributed by atoms with van der Waals surface area (Å²) in [6.45, 7) is 8.22. The lowest BCUT2D eigenvalue weighted by molar-refractivity contribution is 0.0351. The zero-order chi connectivity index (χ0) is 15.9. The van der Waals surface area contributed by atoms with Crippen molar-refractivity contribution in [3.8, 4) is 17.6 Å². The first-order chi connectivity index (χ1) is 9.89. The number of rotatable bonds is 6. The molecule has 0 heterocycles. The molecular formula is C17H26N2O2. The number of hydrogen-bond acceptors (Lipinski definition) is 4. The Morgan fingerprint density at radius 1 is 1.38 bits per heavy atom. The summed E-state index contributed by atoms with van der Waals surface area (Å²) in [6.07, 6.45) is 0. The third-order valence-electron chi connectivity index (χ3n) is 3.07. The van der Waals surface area contributed by atoms with Crippen molar-refractivity contribution in [1.29, 1.82) is 0 Å². The molecule has 0 bridgehead atoms. The summed E-state index contributed by atoms with van der Waals surface area (Å²) in [5.74, 6) is 6.73. The minimum Gasteiger partial charge on any atom is -0.496 e. The molecule has 0 aliphatic carbocycles. The number of methoxy groups -OCH3 is 1. The molecule has 116 valence electrons. The molecule has 0 amide bonds. The summed E-state index contributed by atoms with van der Waals surface area (Å²) < 4.78 is 5.42. The first-order valence-corrected chi connectivity index (χ1v) is 7.20. The van der Waals surface area contributed by atoms with E-state index in [0.29, 0.717) is 19.6 Å². The van der Waals surface area contributed by atoms with Crippen LogP contribution in [0, 0.1) is 11.8 Å². The second-order valence-corrected chi connectivity index (χ2v) is 5.65. The van der Waals surface area contributed by atoms with Gasteiger partial charge in [0, 0.05) is 24.2 Å². The molecular weight excluding hydrogens is 264 g/mol. The van der Waals surface area contributed by atoms with Gasteiger partial charge in [0.2, 0.25) is 0 Å². The zero-order valence-electron chi connectivity index (χ0n) is 13.4. The summed E-state index contributed by atoms with van der Waals surface area (Å²) in [7, 11) is 1.66. The van der Waals surface area contributed by atoms with E-state index in [9.17, 15) is 5.11 Å². The number of aliphatic hydroxyl groups is 1. The molecule has 0 spiro atoms. The molecule has 0 radical (unpaired) electrons. The molecule has 1 rings (SSSR count). The van der Waals surface area contributed by atoms with Crippen molar-refractivity contribution in [3.63, 3.8) is 0 Å². The van der Waals surface area contributed by atoms with Gasteiger partial charge >= 0.3 is 0 Å². The van der Waals surface area contributed by atoms with Crippen molar-refractivity contribution in [2.45, 2.75) is 32.9 Å². The molecule has 0 aliphatic heterocycles. The first kappa shape index (κ1) is 17.5. The molecule has 0 saturated heterocycles. The van der Waals surface area contributed by atoms with Crippen LogP contribution in [0.15, 0.2) is 18.2 Å². The highest BCUT2D eigenvalue weighted by Crippen LogP contribution is 2.22. The predicted molar refractivity (Wildman–Crippen MR) is 86.2 cm³/mol. The second kappa shape index (κ2) is 8.04. The van der Waals surface area contributed by atoms with E-state index in [0.717, 1.165) is 23.4 Å². The van der Waals surface area contributed by atoms with Crippen LogP contribution in [0.5, 0.6) is 5.75 Å². The predicted octanol–water partition coefficient (Wildman–Crippen LogP) is 1.60. The number of benzene rings is 1. The Bertz CT molecular complexity index is 510. The fraction of sp³-hybridized carbons (Fsp3) is 0.529. The van der Waals surface area contributed by atoms with Gasteiger partial charge in [-0.2, -0.15) is 0 Å². The normalized spacial score (nSPS) is 11.2. The van der Waals surface area contributed by atoms with Crippen LogP contribution in [-0.4, -0.2) is 42.4 Å². The van der Waals surface area contributed by atoms with Crippen LogP contribution < -0.4 is 10.5 Å². The Morgan fingerprint density at radius 2 is 2.10 bits per heavy atom. The number of nitrogens with two attached hydrogens (primary N) is 1. The SMILES string of the molecule is CCN(Cc1cc(C#CCN)ccc1OC)CC(C)(C)O. The third-order valence-corrected chi connectivity index (χ3v) is 3.07. The lowest BCUT2D eigenvalue weighted by atomic mass is 10.1. The van der Waals surface area contributed by atoms with Crippen LogP contribution in [0.2, 0.25) is 0 Å². The second-order valence-electron chi connectivity index (χ2n) is 5.65. The zero-order valence-corrected chi connectivity index (χ0v) is 13.4. The van der Waals surface area contributed by atoms with Gasteiger partial charge in [0.05, 0.1) is 19.3 Å². The van der Waals surface area contributed by atoms with Crippen LogP contribution in [0.4, 0.5) is 0 Å². The van der Waals surface area contributed by atoms with Crippen LogP contribution >= 0.6 is 0 Å². The van der Waals surface area contributed by atoms with Crippen LogP contribution in [-0.2, 0) is 6.54 Å². The van der Waals surface area contributed by atoms with E-state index in [1.807, 2.05) is 32.0 Å². The van der Waals surface area contributed by atoms with Crippen molar-refractivity contribution in [1.82, 2.24) is 4.90 Å². The van der Waals surface area contributed by atoms with E-state index in [1.54, 1.807) is 7.11 Å². The van der Waals surface area contributed by atoms with Gasteiger partial charge in [0.1, 0.15) is 5.75 Å². The fourth-order valence-corrected chi connectivity index (χ4v) is 2.20. The molecule has 1 aromatic rings. The standard InChI is InChI=1S/C17H26N2O2/c1-5-19(13-17(2,3)20)12-15-11-14(7-6-10-18)8-9-16(15)21-4/h8-9,11,20H,5,10,12-13,18H2,1-4H3. The molecule has 3 N–H and O–H groups in total. The van der Waals surface area contributed by atoms with Crippen LogP contribution in [0.1, 0.15) is 31.9 Å². The highest BCUT2D eigenvalue weighted by molar-refractivity contribution is 5.44. The van der Waals surface area contributed by atoms with Gasteiger partial charge in [-0.15, -0.1) is 0 Å². The molecule has 4 heteroatoms. The quantitative estimate of drug-likeness (QED) is 0.781. The highest BCUT2D eigenvalue weighted by Gasteiger charge is 2.18. The van der Waals surface area contributed by atoms with Crippen LogP contribution in [0.3, 0.4) is 0 Å². The minimum atomic E-state index is -0.722. The lowest BCUT2D eigenvalue weighted by Crippen LogP contribution is -2.38. The topological polar surface area (TPSA) is 58.7 Å². The van der Waals surface area contributed by atoms with E-state index in [2.05, 4.69) is 23.7 Å². The largest absolute Gasteiger partial charge is 0.496 e. The van der Waals surface area contributed by atoms with Gasteiger partial charge < -0.3 is 15.6 Å². The Balaban J connectivity index is 2.97. The van der Waals surface area contributed by atoms with E-state index in [-0.39, 0.29) is 0 Å². The van der Waals surface area contributed by atoms with Gasteiger partial charge in [-0.1, -0.05) is 18.8 Å². The van der Waals surface area contributed by atoms with Gasteiger partial charge in [0.15, 0.2) is 0 Å². The monoisotopic (exact) mass is 290 g/mol. The third kappa shape index (κ3) is 6.17. The molecule has 0 fully saturated rings. The smallest absolute Gasteiger partial charge is 0.123 e. The van der Waals surface area contributed by atoms with Gasteiger partial charge in [-0.25, -0.2) is 0 Å². The summed E-state index contributed by atoms with van der Waals surface area (Å²) in [5.41, 5.74) is 6.67. The summed E-state index contributed by atoms with van der Waals surface area (Å²) in [4.78, 5) is 2.18. The number of hydrogen-bond donors (Lipinski definition) is 2. The molecule has 4 nitrogen and oxygen atoms in total. The van der Waals surface area contributed by atoms with E-state index in [4.69, 9.17) is 10.5 Å². The Labute approximate surface area is 127 Å². The number of ether oxygens (including phenoxy) is 1. The van der Waals surface area contributed by atoms with Crippen molar-refractivity contribution >= 4 is 0 Å². The Kier molecular flexibility index (Phi) is 6.70. The van der Waals surface area contributed by atoms with Gasteiger partial charge in [0.25, 0.3) is 0 Å². The Morgan fingerprint density at radius 3 is 2.62 bits per heavy atom. The van der Waals surface area contributed by atoms with E-state index >= 15 is 0 Å². The molecule has 1 aromatic carbocycles. The van der Waals surface area contributed by atoms with E-state index in [1.165, 1.54) is 0 Å². The average molecular weight is 290 g/mol. The van der Waals surface area contributed by atoms with Crippen LogP contribution in [0.25, 0.3) is 0 Å². The number of nitrogens with zero attached hydrogens (tertiary/aromatic N) is 1. The van der Waals surface area contributed by atoms with Crippen molar-refractivity contribution in [2.75, 3.05) is 26.7 Å². The van der Waals surface area contributed by atoms with Crippen molar-refractivity contribution < 1.29 is 9.84 Å². The molecule has 0 unspecified atom stereocenters. The Hall–Kier alpha value is -1.54. The maximum absolute atomic E-state index is 9.99. The summed E-state index contributed by atoms with van der Waals surface area (Å²) >= 11 is 0. The fourth-order valence-electron chi connectivity index (χ4n) is 2.20. The molecule has 0 saturated carbocycles. The van der Waals surface area contributed by atoms with Gasteiger partial charge in [-0.05, 0) is 38.6 Å². The molecule has 0 aromatic heterocycles.